The standard InChI is InChI=1S/C18H13FO3/c1-21-17-7-3-5-13-11-15(22-18(13)17)8-9-16(20)12-4-2-6-14(19)10-12/h2-11H,1H3/b9-8+. The average Bonchev–Trinajstić information content (AvgIpc) is 2.95. The molecule has 0 atom stereocenters. The summed E-state index contributed by atoms with van der Waals surface area (Å²) in [6, 6.07) is 12.9. The number of hydrogen-bond donors (Lipinski definition) is 0. The highest BCUT2D eigenvalue weighted by Gasteiger charge is 2.08. The second-order valence-corrected chi connectivity index (χ2v) is 4.74. The van der Waals surface area contributed by atoms with Crippen molar-refractivity contribution in [2.75, 3.05) is 7.11 Å². The van der Waals surface area contributed by atoms with E-state index in [-0.39, 0.29) is 5.78 Å². The van der Waals surface area contributed by atoms with Crippen LogP contribution in [0.3, 0.4) is 0 Å². The van der Waals surface area contributed by atoms with Crippen molar-refractivity contribution in [3.05, 3.63) is 71.7 Å². The van der Waals surface area contributed by atoms with E-state index in [1.807, 2.05) is 18.2 Å². The van der Waals surface area contributed by atoms with Gasteiger partial charge >= 0.3 is 0 Å². The summed E-state index contributed by atoms with van der Waals surface area (Å²) in [6.45, 7) is 0. The first-order valence-electron chi connectivity index (χ1n) is 6.72. The Kier molecular flexibility index (Phi) is 3.74. The number of ketones is 1. The number of benzene rings is 2. The number of hydrogen-bond acceptors (Lipinski definition) is 3. The van der Waals surface area contributed by atoms with Gasteiger partial charge in [-0.1, -0.05) is 24.3 Å². The van der Waals surface area contributed by atoms with Crippen LogP contribution < -0.4 is 4.74 Å². The molecule has 0 aliphatic heterocycles. The highest BCUT2D eigenvalue weighted by atomic mass is 19.1. The maximum atomic E-state index is 13.1. The average molecular weight is 296 g/mol. The van der Waals surface area contributed by atoms with Gasteiger partial charge in [0.25, 0.3) is 0 Å². The zero-order valence-corrected chi connectivity index (χ0v) is 11.9. The maximum Gasteiger partial charge on any atom is 0.186 e. The lowest BCUT2D eigenvalue weighted by atomic mass is 10.1. The number of carbonyl (C=O) groups is 1. The minimum Gasteiger partial charge on any atom is -0.493 e. The lowest BCUT2D eigenvalue weighted by Gasteiger charge is -1.98. The van der Waals surface area contributed by atoms with Gasteiger partial charge in [0.15, 0.2) is 17.1 Å². The molecule has 110 valence electrons. The van der Waals surface area contributed by atoms with Gasteiger partial charge in [-0.15, -0.1) is 0 Å². The Hall–Kier alpha value is -2.88. The van der Waals surface area contributed by atoms with E-state index in [0.717, 1.165) is 5.39 Å². The zero-order valence-electron chi connectivity index (χ0n) is 11.9. The summed E-state index contributed by atoms with van der Waals surface area (Å²) in [5.74, 6) is 0.442. The second-order valence-electron chi connectivity index (χ2n) is 4.74. The Morgan fingerprint density at radius 1 is 1.18 bits per heavy atom. The van der Waals surface area contributed by atoms with Gasteiger partial charge in [0.2, 0.25) is 0 Å². The van der Waals surface area contributed by atoms with E-state index in [0.29, 0.717) is 22.7 Å². The molecule has 0 N–H and O–H groups in total. The first-order chi connectivity index (χ1) is 10.7. The molecule has 0 saturated heterocycles. The number of furan rings is 1. The van der Waals surface area contributed by atoms with Gasteiger partial charge < -0.3 is 9.15 Å². The van der Waals surface area contributed by atoms with Gasteiger partial charge in [0.1, 0.15) is 11.6 Å². The molecule has 0 radical (unpaired) electrons. The van der Waals surface area contributed by atoms with Crippen LogP contribution in [0.4, 0.5) is 4.39 Å². The monoisotopic (exact) mass is 296 g/mol. The molecule has 2 aromatic carbocycles. The number of allylic oxidation sites excluding steroid dienone is 1. The van der Waals surface area contributed by atoms with Crippen LogP contribution in [0.15, 0.2) is 59.0 Å². The van der Waals surface area contributed by atoms with Crippen molar-refractivity contribution in [2.45, 2.75) is 0 Å². The zero-order chi connectivity index (χ0) is 15.5. The summed E-state index contributed by atoms with van der Waals surface area (Å²) in [7, 11) is 1.57. The molecule has 1 heterocycles. The van der Waals surface area contributed by atoms with Crippen molar-refractivity contribution in [3.63, 3.8) is 0 Å². The Balaban J connectivity index is 1.88. The summed E-state index contributed by atoms with van der Waals surface area (Å²) in [5, 5.41) is 0.886. The molecule has 3 rings (SSSR count). The quantitative estimate of drug-likeness (QED) is 0.526. The van der Waals surface area contributed by atoms with E-state index in [9.17, 15) is 9.18 Å². The third-order valence-corrected chi connectivity index (χ3v) is 3.26. The van der Waals surface area contributed by atoms with E-state index < -0.39 is 5.82 Å². The van der Waals surface area contributed by atoms with Crippen LogP contribution in [0.1, 0.15) is 16.1 Å². The van der Waals surface area contributed by atoms with Crippen LogP contribution in [-0.4, -0.2) is 12.9 Å². The van der Waals surface area contributed by atoms with E-state index in [1.165, 1.54) is 24.3 Å². The molecule has 3 aromatic rings. The van der Waals surface area contributed by atoms with Crippen LogP contribution in [0.5, 0.6) is 5.75 Å². The number of halogens is 1. The molecular formula is C18H13FO3. The maximum absolute atomic E-state index is 13.1. The third-order valence-electron chi connectivity index (χ3n) is 3.26. The van der Waals surface area contributed by atoms with E-state index in [2.05, 4.69) is 0 Å². The predicted octanol–water partition coefficient (Wildman–Crippen LogP) is 4.48. The third kappa shape index (κ3) is 2.76. The molecule has 0 saturated carbocycles. The molecule has 0 fully saturated rings. The van der Waals surface area contributed by atoms with Crippen molar-refractivity contribution in [3.8, 4) is 5.75 Å². The summed E-state index contributed by atoms with van der Waals surface area (Å²) in [5.41, 5.74) is 0.924. The SMILES string of the molecule is COc1cccc2cc(/C=C/C(=O)c3cccc(F)c3)oc12. The molecule has 0 aliphatic rings. The number of rotatable bonds is 4. The fourth-order valence-corrected chi connectivity index (χ4v) is 2.19. The van der Waals surface area contributed by atoms with E-state index >= 15 is 0 Å². The summed E-state index contributed by atoms with van der Waals surface area (Å²) in [6.07, 6.45) is 2.92. The van der Waals surface area contributed by atoms with Crippen molar-refractivity contribution in [1.29, 1.82) is 0 Å². The van der Waals surface area contributed by atoms with E-state index in [1.54, 1.807) is 25.3 Å². The van der Waals surface area contributed by atoms with Crippen LogP contribution in [0.25, 0.3) is 17.0 Å². The molecule has 22 heavy (non-hydrogen) atoms. The number of carbonyl (C=O) groups excluding carboxylic acids is 1. The Bertz CT molecular complexity index is 862. The predicted molar refractivity (Wildman–Crippen MR) is 82.5 cm³/mol. The first kappa shape index (κ1) is 14.1. The van der Waals surface area contributed by atoms with Gasteiger partial charge in [-0.2, -0.15) is 0 Å². The number of ether oxygens (including phenoxy) is 1. The van der Waals surface area contributed by atoms with Crippen molar-refractivity contribution < 1.29 is 18.3 Å². The Morgan fingerprint density at radius 3 is 2.77 bits per heavy atom. The summed E-state index contributed by atoms with van der Waals surface area (Å²) >= 11 is 0. The Labute approximate surface area is 126 Å². The lowest BCUT2D eigenvalue weighted by Crippen LogP contribution is -1.94. The largest absolute Gasteiger partial charge is 0.493 e. The summed E-state index contributed by atoms with van der Waals surface area (Å²) < 4.78 is 24.0. The molecule has 0 spiro atoms. The fraction of sp³-hybridized carbons (Fsp3) is 0.0556. The Morgan fingerprint density at radius 2 is 2.00 bits per heavy atom. The van der Waals surface area contributed by atoms with Crippen molar-refractivity contribution in [2.24, 2.45) is 0 Å². The van der Waals surface area contributed by atoms with Crippen molar-refractivity contribution in [1.82, 2.24) is 0 Å². The fourth-order valence-electron chi connectivity index (χ4n) is 2.19. The minimum absolute atomic E-state index is 0.285. The van der Waals surface area contributed by atoms with Gasteiger partial charge in [-0.3, -0.25) is 4.79 Å². The normalized spacial score (nSPS) is 11.2. The van der Waals surface area contributed by atoms with Gasteiger partial charge in [0, 0.05) is 10.9 Å². The van der Waals surface area contributed by atoms with Gasteiger partial charge in [-0.05, 0) is 36.4 Å². The van der Waals surface area contributed by atoms with E-state index in [4.69, 9.17) is 9.15 Å². The highest BCUT2D eigenvalue weighted by molar-refractivity contribution is 6.06. The molecule has 0 aliphatic carbocycles. The lowest BCUT2D eigenvalue weighted by molar-refractivity contribution is 0.104. The summed E-state index contributed by atoms with van der Waals surface area (Å²) in [4.78, 5) is 12.0. The number of methoxy groups -OCH3 is 1. The van der Waals surface area contributed by atoms with Gasteiger partial charge in [-0.25, -0.2) is 4.39 Å². The van der Waals surface area contributed by atoms with Crippen LogP contribution in [0.2, 0.25) is 0 Å². The molecule has 0 unspecified atom stereocenters. The first-order valence-corrected chi connectivity index (χ1v) is 6.72. The van der Waals surface area contributed by atoms with Crippen molar-refractivity contribution >= 4 is 22.8 Å². The molecule has 0 amide bonds. The van der Waals surface area contributed by atoms with Crippen LogP contribution in [-0.2, 0) is 0 Å². The second kappa shape index (κ2) is 5.85. The van der Waals surface area contributed by atoms with Crippen LogP contribution >= 0.6 is 0 Å². The minimum atomic E-state index is -0.437. The number of para-hydroxylation sites is 1. The molecule has 1 aromatic heterocycles. The topological polar surface area (TPSA) is 39.4 Å². The van der Waals surface area contributed by atoms with Crippen LogP contribution in [0, 0.1) is 5.82 Å². The molecule has 3 nitrogen and oxygen atoms in total. The highest BCUT2D eigenvalue weighted by Crippen LogP contribution is 2.28. The molecule has 4 heteroatoms. The smallest absolute Gasteiger partial charge is 0.186 e. The van der Waals surface area contributed by atoms with Gasteiger partial charge in [0.05, 0.1) is 7.11 Å². The number of fused-ring (bicyclic) bond motifs is 1. The molecule has 0 bridgehead atoms. The molecular weight excluding hydrogens is 283 g/mol.